The first-order chi connectivity index (χ1) is 35.5. The fourth-order valence-corrected chi connectivity index (χ4v) is 10.2. The second-order valence-electron chi connectivity index (χ2n) is 22.5. The maximum Gasteiger partial charge on any atom is 0.305 e. The Morgan fingerprint density at radius 1 is 0.375 bits per heavy atom. The van der Waals surface area contributed by atoms with Gasteiger partial charge in [-0.05, 0) is 57.8 Å². The number of carbonyl (C=O) groups is 2. The van der Waals surface area contributed by atoms with Crippen molar-refractivity contribution in [1.29, 1.82) is 0 Å². The highest BCUT2D eigenvalue weighted by molar-refractivity contribution is 5.76. The highest BCUT2D eigenvalue weighted by Gasteiger charge is 2.18. The number of hydrogen-bond donors (Lipinski definition) is 3. The van der Waals surface area contributed by atoms with Gasteiger partial charge in [-0.25, -0.2) is 0 Å². The fourth-order valence-electron chi connectivity index (χ4n) is 10.2. The molecular formula is C66H127NO5. The number of aliphatic hydroxyl groups excluding tert-OH is 2. The van der Waals surface area contributed by atoms with Gasteiger partial charge in [-0.1, -0.05) is 314 Å². The van der Waals surface area contributed by atoms with E-state index in [0.29, 0.717) is 19.4 Å². The number of hydrogen-bond acceptors (Lipinski definition) is 5. The van der Waals surface area contributed by atoms with Crippen LogP contribution in [-0.2, 0) is 14.3 Å². The smallest absolute Gasteiger partial charge is 0.305 e. The summed E-state index contributed by atoms with van der Waals surface area (Å²) in [5, 5.41) is 23.2. The van der Waals surface area contributed by atoms with E-state index in [1.165, 1.54) is 295 Å². The lowest BCUT2D eigenvalue weighted by Gasteiger charge is -2.20. The van der Waals surface area contributed by atoms with Crippen molar-refractivity contribution >= 4 is 11.9 Å². The first-order valence-corrected chi connectivity index (χ1v) is 32.6. The molecule has 0 aliphatic carbocycles. The summed E-state index contributed by atoms with van der Waals surface area (Å²) in [5.41, 5.74) is 0. The number of ether oxygens (including phenoxy) is 1. The second kappa shape index (κ2) is 61.9. The SMILES string of the molecule is CCCCCCCCCCCCCCCCCCCC/C=C/C(O)C(CO)NC(=O)CCCCCCCCCC/C=C\CCCCCCCCCCCCCCOC(=O)CCCCCCCCCCCCC. The number of nitrogens with one attached hydrogen (secondary N) is 1. The van der Waals surface area contributed by atoms with Gasteiger partial charge in [-0.15, -0.1) is 0 Å². The quantitative estimate of drug-likeness (QED) is 0.0320. The molecule has 0 spiro atoms. The molecule has 426 valence electrons. The first kappa shape index (κ1) is 70.3. The number of carbonyl (C=O) groups excluding carboxylic acids is 2. The van der Waals surface area contributed by atoms with Gasteiger partial charge in [0.25, 0.3) is 0 Å². The molecular weight excluding hydrogens is 887 g/mol. The third-order valence-electron chi connectivity index (χ3n) is 15.2. The Balaban J connectivity index is 3.44. The van der Waals surface area contributed by atoms with Gasteiger partial charge in [0, 0.05) is 12.8 Å². The Bertz CT molecular complexity index is 1120. The van der Waals surface area contributed by atoms with E-state index < -0.39 is 12.1 Å². The van der Waals surface area contributed by atoms with E-state index in [2.05, 4.69) is 31.3 Å². The van der Waals surface area contributed by atoms with Crippen LogP contribution in [0.5, 0.6) is 0 Å². The minimum atomic E-state index is -0.848. The van der Waals surface area contributed by atoms with Crippen LogP contribution in [0.25, 0.3) is 0 Å². The Kier molecular flexibility index (Phi) is 60.5. The summed E-state index contributed by atoms with van der Waals surface area (Å²) in [6.07, 6.45) is 76.6. The van der Waals surface area contributed by atoms with Crippen LogP contribution >= 0.6 is 0 Å². The van der Waals surface area contributed by atoms with Crippen molar-refractivity contribution in [3.05, 3.63) is 24.3 Å². The predicted molar refractivity (Wildman–Crippen MR) is 315 cm³/mol. The molecule has 72 heavy (non-hydrogen) atoms. The molecule has 0 aromatic carbocycles. The highest BCUT2D eigenvalue weighted by atomic mass is 16.5. The third kappa shape index (κ3) is 57.6. The van der Waals surface area contributed by atoms with Crippen LogP contribution < -0.4 is 5.32 Å². The molecule has 3 N–H and O–H groups in total. The molecule has 0 radical (unpaired) electrons. The Morgan fingerprint density at radius 2 is 0.653 bits per heavy atom. The zero-order valence-corrected chi connectivity index (χ0v) is 48.7. The number of rotatable bonds is 61. The molecule has 6 nitrogen and oxygen atoms in total. The third-order valence-corrected chi connectivity index (χ3v) is 15.2. The number of aliphatic hydroxyl groups is 2. The van der Waals surface area contributed by atoms with E-state index >= 15 is 0 Å². The molecule has 1 amide bonds. The molecule has 0 aliphatic rings. The summed E-state index contributed by atoms with van der Waals surface area (Å²) >= 11 is 0. The van der Waals surface area contributed by atoms with Gasteiger partial charge in [0.05, 0.1) is 25.4 Å². The Hall–Kier alpha value is -1.66. The summed E-state index contributed by atoms with van der Waals surface area (Å²) < 4.78 is 5.47. The zero-order chi connectivity index (χ0) is 52.2. The molecule has 0 aliphatic heterocycles. The maximum absolute atomic E-state index is 12.5. The molecule has 0 rings (SSSR count). The number of allylic oxidation sites excluding steroid dienone is 3. The zero-order valence-electron chi connectivity index (χ0n) is 48.7. The van der Waals surface area contributed by atoms with Crippen molar-refractivity contribution in [3.8, 4) is 0 Å². The van der Waals surface area contributed by atoms with E-state index in [1.54, 1.807) is 6.08 Å². The molecule has 0 aromatic heterocycles. The van der Waals surface area contributed by atoms with Gasteiger partial charge in [0.1, 0.15) is 0 Å². The molecule has 0 saturated heterocycles. The number of esters is 1. The van der Waals surface area contributed by atoms with Crippen LogP contribution in [0.3, 0.4) is 0 Å². The van der Waals surface area contributed by atoms with Crippen molar-refractivity contribution in [2.45, 2.75) is 373 Å². The van der Waals surface area contributed by atoms with Gasteiger partial charge in [0.15, 0.2) is 0 Å². The van der Waals surface area contributed by atoms with Crippen molar-refractivity contribution in [2.24, 2.45) is 0 Å². The molecule has 0 saturated carbocycles. The van der Waals surface area contributed by atoms with Gasteiger partial charge >= 0.3 is 5.97 Å². The lowest BCUT2D eigenvalue weighted by Crippen LogP contribution is -2.45. The van der Waals surface area contributed by atoms with Crippen LogP contribution in [0.15, 0.2) is 24.3 Å². The van der Waals surface area contributed by atoms with Crippen molar-refractivity contribution < 1.29 is 24.5 Å². The van der Waals surface area contributed by atoms with E-state index in [9.17, 15) is 19.8 Å². The number of amides is 1. The van der Waals surface area contributed by atoms with Crippen LogP contribution in [0.4, 0.5) is 0 Å². The fraction of sp³-hybridized carbons (Fsp3) is 0.909. The predicted octanol–water partition coefficient (Wildman–Crippen LogP) is 20.6. The summed E-state index contributed by atoms with van der Waals surface area (Å²) in [6.45, 7) is 4.93. The Labute approximate surface area is 450 Å². The second-order valence-corrected chi connectivity index (χ2v) is 22.5. The summed E-state index contributed by atoms with van der Waals surface area (Å²) in [7, 11) is 0. The van der Waals surface area contributed by atoms with Gasteiger partial charge in [-0.2, -0.15) is 0 Å². The molecule has 0 fully saturated rings. The van der Waals surface area contributed by atoms with E-state index in [0.717, 1.165) is 38.5 Å². The largest absolute Gasteiger partial charge is 0.466 e. The average Bonchev–Trinajstić information content (AvgIpc) is 3.38. The van der Waals surface area contributed by atoms with Gasteiger partial charge in [0.2, 0.25) is 5.91 Å². The average molecular weight is 1010 g/mol. The monoisotopic (exact) mass is 1010 g/mol. The van der Waals surface area contributed by atoms with Gasteiger partial charge < -0.3 is 20.3 Å². The highest BCUT2D eigenvalue weighted by Crippen LogP contribution is 2.18. The normalized spacial score (nSPS) is 12.7. The topological polar surface area (TPSA) is 95.9 Å². The Morgan fingerprint density at radius 3 is 0.986 bits per heavy atom. The van der Waals surface area contributed by atoms with E-state index in [4.69, 9.17) is 4.74 Å². The van der Waals surface area contributed by atoms with Crippen LogP contribution in [0.1, 0.15) is 361 Å². The lowest BCUT2D eigenvalue weighted by molar-refractivity contribution is -0.143. The lowest BCUT2D eigenvalue weighted by atomic mass is 10.0. The molecule has 0 aromatic rings. The first-order valence-electron chi connectivity index (χ1n) is 32.6. The summed E-state index contributed by atoms with van der Waals surface area (Å²) in [4.78, 5) is 24.5. The van der Waals surface area contributed by atoms with E-state index in [-0.39, 0.29) is 18.5 Å². The van der Waals surface area contributed by atoms with Gasteiger partial charge in [-0.3, -0.25) is 9.59 Å². The maximum atomic E-state index is 12.5. The standard InChI is InChI=1S/C66H127NO5/c1-3-5-7-9-11-13-15-16-17-18-19-26-29-32-35-39-42-46-50-54-58-64(69)63(62-68)67-65(70)59-55-51-47-43-40-36-33-30-27-24-22-20-21-23-25-28-31-34-37-41-45-49-53-57-61-72-66(71)60-56-52-48-44-38-14-12-10-8-6-4-2/h22,24,54,58,63-64,68-69H,3-21,23,25-53,55-57,59-62H2,1-2H3,(H,67,70)/b24-22-,58-54+. The summed E-state index contributed by atoms with van der Waals surface area (Å²) in [6, 6.07) is -0.631. The minimum absolute atomic E-state index is 0.0122. The minimum Gasteiger partial charge on any atom is -0.466 e. The number of unbranched alkanes of at least 4 members (excludes halogenated alkanes) is 48. The molecule has 2 unspecified atom stereocenters. The van der Waals surface area contributed by atoms with Crippen LogP contribution in [0, 0.1) is 0 Å². The molecule has 0 bridgehead atoms. The molecule has 6 heteroatoms. The van der Waals surface area contributed by atoms with Crippen molar-refractivity contribution in [1.82, 2.24) is 5.32 Å². The molecule has 0 heterocycles. The summed E-state index contributed by atoms with van der Waals surface area (Å²) in [5.74, 6) is -0.0570. The van der Waals surface area contributed by atoms with Crippen LogP contribution in [0.2, 0.25) is 0 Å². The van der Waals surface area contributed by atoms with Crippen LogP contribution in [-0.4, -0.2) is 47.4 Å². The molecule has 2 atom stereocenters. The van der Waals surface area contributed by atoms with Crippen molar-refractivity contribution in [2.75, 3.05) is 13.2 Å². The van der Waals surface area contributed by atoms with E-state index in [1.807, 2.05) is 6.08 Å². The van der Waals surface area contributed by atoms with Crippen molar-refractivity contribution in [3.63, 3.8) is 0 Å².